The summed E-state index contributed by atoms with van der Waals surface area (Å²) in [6, 6.07) is 19.4. The number of nitrogens with one attached hydrogen (secondary N) is 1. The topological polar surface area (TPSA) is 131 Å². The van der Waals surface area contributed by atoms with Gasteiger partial charge in [-0.05, 0) is 44.5 Å². The first kappa shape index (κ1) is 26.2. The number of rotatable bonds is 9. The zero-order valence-electron chi connectivity index (χ0n) is 20.5. The van der Waals surface area contributed by atoms with Crippen molar-refractivity contribution in [3.8, 4) is 11.8 Å². The number of sulfone groups is 1. The molecular weight excluding hydrogens is 510 g/mol. The highest BCUT2D eigenvalue weighted by molar-refractivity contribution is 8.00. The summed E-state index contributed by atoms with van der Waals surface area (Å²) in [4.78, 5) is 13.3. The van der Waals surface area contributed by atoms with Crippen molar-refractivity contribution in [3.05, 3.63) is 83.4 Å². The molecule has 1 N–H and O–H groups in total. The van der Waals surface area contributed by atoms with Gasteiger partial charge in [-0.1, -0.05) is 55.1 Å². The summed E-state index contributed by atoms with van der Waals surface area (Å²) >= 11 is 1.16. The molecule has 0 radical (unpaired) electrons. The van der Waals surface area contributed by atoms with Gasteiger partial charge in [0.25, 0.3) is 0 Å². The van der Waals surface area contributed by atoms with E-state index in [2.05, 4.69) is 21.6 Å². The Morgan fingerprint density at radius 2 is 1.76 bits per heavy atom. The Bertz CT molecular complexity index is 1560. The number of hydrogen-bond donors (Lipinski definition) is 1. The number of carbonyl (C=O) groups excluding carboxylic acids is 1. The summed E-state index contributed by atoms with van der Waals surface area (Å²) in [5.41, 5.74) is 1.63. The zero-order valence-corrected chi connectivity index (χ0v) is 22.1. The Morgan fingerprint density at radius 1 is 1.11 bits per heavy atom. The molecule has 190 valence electrons. The van der Waals surface area contributed by atoms with Crippen molar-refractivity contribution in [1.29, 1.82) is 5.26 Å². The molecule has 2 aromatic heterocycles. The summed E-state index contributed by atoms with van der Waals surface area (Å²) in [7, 11) is -3.69. The second kappa shape index (κ2) is 11.0. The molecule has 1 atom stereocenters. The minimum atomic E-state index is -3.69. The highest BCUT2D eigenvalue weighted by atomic mass is 32.2. The number of nitrogens with zero attached hydrogens (tertiary/aromatic N) is 4. The van der Waals surface area contributed by atoms with Crippen LogP contribution < -0.4 is 5.32 Å². The van der Waals surface area contributed by atoms with E-state index in [1.807, 2.05) is 37.3 Å². The molecule has 1 amide bonds. The van der Waals surface area contributed by atoms with E-state index in [0.717, 1.165) is 11.8 Å². The van der Waals surface area contributed by atoms with Crippen LogP contribution in [0.2, 0.25) is 0 Å². The van der Waals surface area contributed by atoms with Crippen LogP contribution in [0.3, 0.4) is 0 Å². The fraction of sp³-hybridized carbons (Fsp3) is 0.231. The van der Waals surface area contributed by atoms with Gasteiger partial charge in [-0.3, -0.25) is 14.7 Å². The van der Waals surface area contributed by atoms with E-state index in [1.54, 1.807) is 48.7 Å². The van der Waals surface area contributed by atoms with Gasteiger partial charge in [-0.15, -0.1) is 10.2 Å². The van der Waals surface area contributed by atoms with E-state index in [9.17, 15) is 18.5 Å². The van der Waals surface area contributed by atoms with Crippen molar-refractivity contribution in [2.45, 2.75) is 48.2 Å². The van der Waals surface area contributed by atoms with Crippen molar-refractivity contribution in [1.82, 2.24) is 14.8 Å². The molecule has 2 heterocycles. The minimum absolute atomic E-state index is 0.112. The number of nitriles is 1. The lowest BCUT2D eigenvalue weighted by Crippen LogP contribution is -2.25. The first-order valence-electron chi connectivity index (χ1n) is 11.5. The van der Waals surface area contributed by atoms with Crippen LogP contribution >= 0.6 is 11.8 Å². The van der Waals surface area contributed by atoms with Gasteiger partial charge >= 0.3 is 0 Å². The Labute approximate surface area is 219 Å². The maximum Gasteiger partial charge on any atom is 0.240 e. The fourth-order valence-electron chi connectivity index (χ4n) is 3.68. The summed E-state index contributed by atoms with van der Waals surface area (Å²) < 4.78 is 33.4. The van der Waals surface area contributed by atoms with Crippen LogP contribution in [0, 0.1) is 25.2 Å². The molecule has 1 unspecified atom stereocenters. The molecule has 9 nitrogen and oxygen atoms in total. The Hall–Kier alpha value is -3.88. The van der Waals surface area contributed by atoms with Crippen LogP contribution in [0.15, 0.2) is 75.1 Å². The van der Waals surface area contributed by atoms with Gasteiger partial charge in [0, 0.05) is 11.3 Å². The highest BCUT2D eigenvalue weighted by Gasteiger charge is 2.27. The summed E-state index contributed by atoms with van der Waals surface area (Å²) in [6.45, 7) is 5.34. The second-order valence-electron chi connectivity index (χ2n) is 8.25. The Morgan fingerprint density at radius 3 is 2.38 bits per heavy atom. The maximum absolute atomic E-state index is 13.2. The van der Waals surface area contributed by atoms with Crippen molar-refractivity contribution in [2.75, 3.05) is 5.32 Å². The molecule has 0 bridgehead atoms. The number of amides is 1. The average Bonchev–Trinajstić information content (AvgIpc) is 3.41. The van der Waals surface area contributed by atoms with Crippen LogP contribution in [0.4, 0.5) is 5.88 Å². The van der Waals surface area contributed by atoms with Gasteiger partial charge < -0.3 is 4.42 Å². The van der Waals surface area contributed by atoms with Gasteiger partial charge in [0.2, 0.25) is 11.8 Å². The van der Waals surface area contributed by atoms with E-state index in [0.29, 0.717) is 28.6 Å². The van der Waals surface area contributed by atoms with Gasteiger partial charge in [0.05, 0.1) is 10.1 Å². The van der Waals surface area contributed by atoms with E-state index >= 15 is 0 Å². The third-order valence-corrected chi connectivity index (χ3v) is 8.72. The number of thioether (sulfide) groups is 1. The second-order valence-corrected chi connectivity index (χ2v) is 11.4. The van der Waals surface area contributed by atoms with Gasteiger partial charge in [0.15, 0.2) is 20.8 Å². The standard InChI is InChI=1S/C26H25N5O4S2/c1-4-22(24(32)28-25-21(15-27)17(2)18(3)35-25)36-26-30-29-23(31(26)19-11-7-5-8-12-19)16-37(33,34)20-13-9-6-10-14-20/h5-14,22H,4,16H2,1-3H3,(H,28,32). The minimum Gasteiger partial charge on any atom is -0.444 e. The summed E-state index contributed by atoms with van der Waals surface area (Å²) in [5.74, 6) is 0.177. The number of carbonyl (C=O) groups is 1. The third kappa shape index (κ3) is 5.60. The first-order valence-corrected chi connectivity index (χ1v) is 14.0. The Balaban J connectivity index is 1.65. The lowest BCUT2D eigenvalue weighted by molar-refractivity contribution is -0.115. The highest BCUT2D eigenvalue weighted by Crippen LogP contribution is 2.31. The van der Waals surface area contributed by atoms with Crippen molar-refractivity contribution >= 4 is 33.4 Å². The lowest BCUT2D eigenvalue weighted by Gasteiger charge is -2.15. The largest absolute Gasteiger partial charge is 0.444 e. The molecule has 0 aliphatic carbocycles. The average molecular weight is 536 g/mol. The normalized spacial score (nSPS) is 12.2. The number of furan rings is 1. The van der Waals surface area contributed by atoms with Crippen LogP contribution in [0.5, 0.6) is 0 Å². The maximum atomic E-state index is 13.2. The predicted octanol–water partition coefficient (Wildman–Crippen LogP) is 4.83. The molecule has 0 saturated heterocycles. The molecule has 0 spiro atoms. The molecular formula is C26H25N5O4S2. The molecule has 4 rings (SSSR count). The zero-order chi connectivity index (χ0) is 26.6. The smallest absolute Gasteiger partial charge is 0.240 e. The van der Waals surface area contributed by atoms with Crippen LogP contribution in [-0.4, -0.2) is 34.3 Å². The molecule has 0 aliphatic heterocycles. The van der Waals surface area contributed by atoms with Crippen molar-refractivity contribution in [2.24, 2.45) is 0 Å². The lowest BCUT2D eigenvalue weighted by atomic mass is 10.2. The summed E-state index contributed by atoms with van der Waals surface area (Å²) in [6.07, 6.45) is 0.441. The molecule has 37 heavy (non-hydrogen) atoms. The molecule has 0 fully saturated rings. The number of aryl methyl sites for hydroxylation is 1. The van der Waals surface area contributed by atoms with Gasteiger partial charge in [-0.2, -0.15) is 5.26 Å². The monoisotopic (exact) mass is 535 g/mol. The summed E-state index contributed by atoms with van der Waals surface area (Å²) in [5, 5.41) is 20.4. The van der Waals surface area contributed by atoms with Crippen LogP contribution in [0.25, 0.3) is 5.69 Å². The number of aromatic nitrogens is 3. The van der Waals surface area contributed by atoms with Crippen LogP contribution in [0.1, 0.15) is 36.1 Å². The Kier molecular flexibility index (Phi) is 7.80. The number of para-hydroxylation sites is 1. The molecule has 4 aromatic rings. The van der Waals surface area contributed by atoms with E-state index in [1.165, 1.54) is 0 Å². The third-order valence-electron chi connectivity index (χ3n) is 5.78. The quantitative estimate of drug-likeness (QED) is 0.302. The fourth-order valence-corrected chi connectivity index (χ4v) is 5.94. The van der Waals surface area contributed by atoms with E-state index in [4.69, 9.17) is 4.42 Å². The van der Waals surface area contributed by atoms with E-state index < -0.39 is 15.1 Å². The van der Waals surface area contributed by atoms with E-state index in [-0.39, 0.29) is 33.8 Å². The molecule has 0 saturated carbocycles. The SMILES string of the molecule is CCC(Sc1nnc(CS(=O)(=O)c2ccccc2)n1-c1ccccc1)C(=O)Nc1oc(C)c(C)c1C#N. The first-order chi connectivity index (χ1) is 17.7. The predicted molar refractivity (Wildman–Crippen MR) is 140 cm³/mol. The van der Waals surface area contributed by atoms with Gasteiger partial charge in [-0.25, -0.2) is 8.42 Å². The number of benzene rings is 2. The number of anilines is 1. The van der Waals surface area contributed by atoms with Crippen molar-refractivity contribution < 1.29 is 17.6 Å². The van der Waals surface area contributed by atoms with Crippen molar-refractivity contribution in [3.63, 3.8) is 0 Å². The van der Waals surface area contributed by atoms with Gasteiger partial charge in [0.1, 0.15) is 23.1 Å². The molecule has 11 heteroatoms. The molecule has 2 aromatic carbocycles. The van der Waals surface area contributed by atoms with Crippen LogP contribution in [-0.2, 0) is 20.4 Å². The number of hydrogen-bond acceptors (Lipinski definition) is 8. The molecule has 0 aliphatic rings.